The molecule has 58 valence electrons. The van der Waals surface area contributed by atoms with Crippen molar-refractivity contribution in [3.05, 3.63) is 5.82 Å². The van der Waals surface area contributed by atoms with Crippen LogP contribution in [0, 0.1) is 11.3 Å². The van der Waals surface area contributed by atoms with Crippen LogP contribution in [0.1, 0.15) is 25.6 Å². The molecule has 11 heavy (non-hydrogen) atoms. The molecule has 0 saturated carbocycles. The first-order valence-electron chi connectivity index (χ1n) is 3.54. The molecule has 0 aliphatic heterocycles. The number of rotatable bonds is 3. The molecule has 0 bridgehead atoms. The van der Waals surface area contributed by atoms with Gasteiger partial charge in [0.1, 0.15) is 6.07 Å². The molecular formula is C6H9N5. The van der Waals surface area contributed by atoms with E-state index in [1.54, 1.807) is 0 Å². The summed E-state index contributed by atoms with van der Waals surface area (Å²) in [5.41, 5.74) is 0. The van der Waals surface area contributed by atoms with Gasteiger partial charge in [0.2, 0.25) is 0 Å². The second-order valence-electron chi connectivity index (χ2n) is 2.17. The largest absolute Gasteiger partial charge is 0.273 e. The summed E-state index contributed by atoms with van der Waals surface area (Å²) in [4.78, 5) is 1.45. The zero-order chi connectivity index (χ0) is 8.10. The lowest BCUT2D eigenvalue weighted by molar-refractivity contribution is 0.495. The highest BCUT2D eigenvalue weighted by Gasteiger charge is 1.98. The van der Waals surface area contributed by atoms with Crippen molar-refractivity contribution in [2.75, 3.05) is 0 Å². The van der Waals surface area contributed by atoms with Crippen LogP contribution in [0.25, 0.3) is 0 Å². The zero-order valence-corrected chi connectivity index (χ0v) is 6.36. The third-order valence-corrected chi connectivity index (χ3v) is 1.26. The Hall–Kier alpha value is -1.44. The van der Waals surface area contributed by atoms with E-state index < -0.39 is 0 Å². The molecule has 0 aliphatic rings. The Kier molecular flexibility index (Phi) is 2.55. The number of tetrazole rings is 1. The van der Waals surface area contributed by atoms with E-state index in [-0.39, 0.29) is 5.82 Å². The highest BCUT2D eigenvalue weighted by atomic mass is 15.6. The third kappa shape index (κ3) is 2.00. The smallest absolute Gasteiger partial charge is 0.189 e. The Morgan fingerprint density at radius 3 is 3.00 bits per heavy atom. The molecule has 0 N–H and O–H groups in total. The molecule has 0 unspecified atom stereocenters. The van der Waals surface area contributed by atoms with Gasteiger partial charge in [-0.2, -0.15) is 10.1 Å². The van der Waals surface area contributed by atoms with Gasteiger partial charge in [-0.15, -0.1) is 5.10 Å². The fourth-order valence-corrected chi connectivity index (χ4v) is 0.682. The van der Waals surface area contributed by atoms with Gasteiger partial charge in [-0.3, -0.25) is 0 Å². The Bertz CT molecular complexity index is 258. The molecule has 1 aromatic heterocycles. The first kappa shape index (κ1) is 7.66. The Balaban J connectivity index is 2.53. The molecule has 0 spiro atoms. The standard InChI is InChI=1S/C6H9N5/c1-2-3-4-11-9-6(5-7)8-10-11/h2-4H2,1H3. The van der Waals surface area contributed by atoms with E-state index in [0.29, 0.717) is 0 Å². The molecule has 0 amide bonds. The van der Waals surface area contributed by atoms with Crippen LogP contribution in [0.2, 0.25) is 0 Å². The lowest BCUT2D eigenvalue weighted by atomic mass is 10.3. The normalized spacial score (nSPS) is 9.45. The van der Waals surface area contributed by atoms with Crippen LogP contribution in [0.3, 0.4) is 0 Å². The van der Waals surface area contributed by atoms with Crippen molar-refractivity contribution in [1.82, 2.24) is 20.2 Å². The van der Waals surface area contributed by atoms with Crippen molar-refractivity contribution in [2.24, 2.45) is 0 Å². The van der Waals surface area contributed by atoms with Gasteiger partial charge in [-0.25, -0.2) is 0 Å². The minimum Gasteiger partial charge on any atom is -0.189 e. The van der Waals surface area contributed by atoms with E-state index in [1.165, 1.54) is 4.80 Å². The predicted octanol–water partition coefficient (Wildman–Crippen LogP) is 0.345. The Morgan fingerprint density at radius 2 is 2.45 bits per heavy atom. The van der Waals surface area contributed by atoms with Crippen molar-refractivity contribution in [1.29, 1.82) is 5.26 Å². The van der Waals surface area contributed by atoms with Gasteiger partial charge in [0.15, 0.2) is 0 Å². The molecule has 1 aromatic rings. The van der Waals surface area contributed by atoms with Crippen LogP contribution in [0.4, 0.5) is 0 Å². The second-order valence-corrected chi connectivity index (χ2v) is 2.17. The maximum Gasteiger partial charge on any atom is 0.273 e. The van der Waals surface area contributed by atoms with Crippen molar-refractivity contribution in [3.8, 4) is 6.07 Å². The molecule has 5 heteroatoms. The van der Waals surface area contributed by atoms with Crippen LogP contribution in [-0.2, 0) is 6.54 Å². The van der Waals surface area contributed by atoms with Crippen LogP contribution < -0.4 is 0 Å². The Labute approximate surface area is 64.6 Å². The third-order valence-electron chi connectivity index (χ3n) is 1.26. The SMILES string of the molecule is CCCCn1nnc(C#N)n1. The zero-order valence-electron chi connectivity index (χ0n) is 6.36. The van der Waals surface area contributed by atoms with E-state index in [4.69, 9.17) is 5.26 Å². The summed E-state index contributed by atoms with van der Waals surface area (Å²) in [5.74, 6) is 0.140. The number of aryl methyl sites for hydroxylation is 1. The summed E-state index contributed by atoms with van der Waals surface area (Å²) >= 11 is 0. The monoisotopic (exact) mass is 151 g/mol. The van der Waals surface area contributed by atoms with Crippen molar-refractivity contribution in [2.45, 2.75) is 26.3 Å². The first-order valence-corrected chi connectivity index (χ1v) is 3.54. The van der Waals surface area contributed by atoms with Crippen molar-refractivity contribution >= 4 is 0 Å². The Morgan fingerprint density at radius 1 is 1.64 bits per heavy atom. The van der Waals surface area contributed by atoms with E-state index in [9.17, 15) is 0 Å². The second kappa shape index (κ2) is 3.66. The number of nitriles is 1. The first-order chi connectivity index (χ1) is 5.36. The fraction of sp³-hybridized carbons (Fsp3) is 0.667. The van der Waals surface area contributed by atoms with Gasteiger partial charge in [0.05, 0.1) is 6.54 Å². The number of hydrogen-bond donors (Lipinski definition) is 0. The molecule has 0 radical (unpaired) electrons. The van der Waals surface area contributed by atoms with Gasteiger partial charge in [-0.05, 0) is 11.6 Å². The number of unbranched alkanes of at least 4 members (excludes halogenated alkanes) is 1. The summed E-state index contributed by atoms with van der Waals surface area (Å²) in [5, 5.41) is 19.3. The van der Waals surface area contributed by atoms with E-state index in [0.717, 1.165) is 19.4 Å². The minimum absolute atomic E-state index is 0.140. The summed E-state index contributed by atoms with van der Waals surface area (Å²) in [6.45, 7) is 2.83. The van der Waals surface area contributed by atoms with E-state index >= 15 is 0 Å². The van der Waals surface area contributed by atoms with Gasteiger partial charge < -0.3 is 0 Å². The van der Waals surface area contributed by atoms with Crippen LogP contribution in [0.15, 0.2) is 0 Å². The number of nitrogens with zero attached hydrogens (tertiary/aromatic N) is 5. The average molecular weight is 151 g/mol. The molecule has 1 rings (SSSR count). The summed E-state index contributed by atoms with van der Waals surface area (Å²) in [7, 11) is 0. The minimum atomic E-state index is 0.140. The maximum absolute atomic E-state index is 8.35. The van der Waals surface area contributed by atoms with Crippen LogP contribution in [0.5, 0.6) is 0 Å². The molecule has 0 aliphatic carbocycles. The fourth-order valence-electron chi connectivity index (χ4n) is 0.682. The molecule has 1 heterocycles. The van der Waals surface area contributed by atoms with Crippen molar-refractivity contribution in [3.63, 3.8) is 0 Å². The molecular weight excluding hydrogens is 142 g/mol. The highest BCUT2D eigenvalue weighted by molar-refractivity contribution is 5.03. The number of hydrogen-bond acceptors (Lipinski definition) is 4. The molecule has 5 nitrogen and oxygen atoms in total. The summed E-state index contributed by atoms with van der Waals surface area (Å²) in [6.07, 6.45) is 2.10. The predicted molar refractivity (Wildman–Crippen MR) is 37.4 cm³/mol. The van der Waals surface area contributed by atoms with Gasteiger partial charge in [0, 0.05) is 0 Å². The topological polar surface area (TPSA) is 67.4 Å². The summed E-state index contributed by atoms with van der Waals surface area (Å²) < 4.78 is 0. The lowest BCUT2D eigenvalue weighted by Crippen LogP contribution is -2.01. The van der Waals surface area contributed by atoms with E-state index in [1.807, 2.05) is 6.07 Å². The average Bonchev–Trinajstić information content (AvgIpc) is 2.48. The summed E-state index contributed by atoms with van der Waals surface area (Å²) in [6, 6.07) is 1.82. The van der Waals surface area contributed by atoms with Gasteiger partial charge in [0.25, 0.3) is 5.82 Å². The van der Waals surface area contributed by atoms with Gasteiger partial charge in [-0.1, -0.05) is 18.4 Å². The van der Waals surface area contributed by atoms with Crippen LogP contribution >= 0.6 is 0 Å². The maximum atomic E-state index is 8.35. The quantitative estimate of drug-likeness (QED) is 0.624. The highest BCUT2D eigenvalue weighted by Crippen LogP contribution is 1.90. The van der Waals surface area contributed by atoms with Crippen LogP contribution in [-0.4, -0.2) is 20.2 Å². The molecule has 0 saturated heterocycles. The molecule has 0 fully saturated rings. The van der Waals surface area contributed by atoms with E-state index in [2.05, 4.69) is 22.3 Å². The molecule has 0 atom stereocenters. The van der Waals surface area contributed by atoms with Gasteiger partial charge >= 0.3 is 0 Å². The lowest BCUT2D eigenvalue weighted by Gasteiger charge is -1.92. The number of aromatic nitrogens is 4. The molecule has 0 aromatic carbocycles. The van der Waals surface area contributed by atoms with Crippen molar-refractivity contribution < 1.29 is 0 Å².